The van der Waals surface area contributed by atoms with Gasteiger partial charge in [0.2, 0.25) is 0 Å². The number of halogens is 2. The van der Waals surface area contributed by atoms with Gasteiger partial charge >= 0.3 is 0 Å². The van der Waals surface area contributed by atoms with Gasteiger partial charge in [0.1, 0.15) is 11.6 Å². The van der Waals surface area contributed by atoms with E-state index in [1.54, 1.807) is 24.4 Å². The Hall–Kier alpha value is -1.70. The van der Waals surface area contributed by atoms with E-state index in [1.165, 1.54) is 19.3 Å². The minimum Gasteiger partial charge on any atom is -0.384 e. The molecular weight excluding hydrogens is 369 g/mol. The van der Waals surface area contributed by atoms with Crippen molar-refractivity contribution in [2.75, 3.05) is 5.32 Å². The highest BCUT2D eigenvalue weighted by Crippen LogP contribution is 2.55. The predicted octanol–water partition coefficient (Wildman–Crippen LogP) is 4.90. The van der Waals surface area contributed by atoms with Crippen LogP contribution in [-0.4, -0.2) is 11.4 Å². The Bertz CT molecular complexity index is 776. The Morgan fingerprint density at radius 3 is 2.31 bits per heavy atom. The molecule has 4 saturated carbocycles. The van der Waals surface area contributed by atoms with E-state index in [-0.39, 0.29) is 11.1 Å². The number of amides is 1. The van der Waals surface area contributed by atoms with Crippen LogP contribution in [0.25, 0.3) is 0 Å². The third kappa shape index (κ3) is 3.43. The number of hydrogen-bond acceptors (Lipinski definition) is 3. The molecule has 4 fully saturated rings. The third-order valence-corrected chi connectivity index (χ3v) is 6.65. The summed E-state index contributed by atoms with van der Waals surface area (Å²) >= 11 is 12.0. The molecule has 4 bridgehead atoms. The molecule has 2 N–H and O–H groups in total. The van der Waals surface area contributed by atoms with Crippen LogP contribution in [0.4, 0.5) is 5.69 Å². The number of nitrogens with one attached hydrogen (secondary N) is 2. The summed E-state index contributed by atoms with van der Waals surface area (Å²) in [6.45, 7) is 0. The molecule has 1 amide bonds. The van der Waals surface area contributed by atoms with E-state index < -0.39 is 5.91 Å². The number of carbonyl (C=O) groups is 1. The first kappa shape index (κ1) is 17.7. The SMILES string of the molecule is N#C/C(=C/NC12CC3CC(CC(C3)C1)C2)C(=O)Nc1ccc(Cl)cc1Cl. The zero-order chi connectivity index (χ0) is 18.3. The van der Waals surface area contributed by atoms with Gasteiger partial charge in [0.05, 0.1) is 10.7 Å². The van der Waals surface area contributed by atoms with Crippen LogP contribution in [0.15, 0.2) is 30.0 Å². The molecule has 1 aromatic carbocycles. The minimum atomic E-state index is -0.464. The van der Waals surface area contributed by atoms with Crippen molar-refractivity contribution >= 4 is 34.8 Å². The van der Waals surface area contributed by atoms with Crippen molar-refractivity contribution in [2.45, 2.75) is 44.1 Å². The molecule has 4 nitrogen and oxygen atoms in total. The third-order valence-electron chi connectivity index (χ3n) is 6.11. The maximum Gasteiger partial charge on any atom is 0.267 e. The standard InChI is InChI=1S/C20H21Cl2N3O/c21-16-1-2-18(17(22)6-16)25-19(26)15(10-23)11-24-20-7-12-3-13(8-20)5-14(4-12)9-20/h1-2,6,11-14,24H,3-5,7-9H2,(H,25,26)/b15-11-. The highest BCUT2D eigenvalue weighted by molar-refractivity contribution is 6.36. The van der Waals surface area contributed by atoms with Crippen LogP contribution in [-0.2, 0) is 4.79 Å². The Kier molecular flexibility index (Phi) is 4.62. The summed E-state index contributed by atoms with van der Waals surface area (Å²) in [7, 11) is 0. The molecule has 4 aliphatic rings. The monoisotopic (exact) mass is 389 g/mol. The summed E-state index contributed by atoms with van der Waals surface area (Å²) < 4.78 is 0. The number of anilines is 1. The lowest BCUT2D eigenvalue weighted by Crippen LogP contribution is -2.57. The fourth-order valence-corrected chi connectivity index (χ4v) is 5.90. The topological polar surface area (TPSA) is 64.9 Å². The van der Waals surface area contributed by atoms with Crippen molar-refractivity contribution < 1.29 is 4.79 Å². The molecule has 0 radical (unpaired) electrons. The van der Waals surface area contributed by atoms with Crippen LogP contribution < -0.4 is 10.6 Å². The van der Waals surface area contributed by atoms with Gasteiger partial charge in [-0.15, -0.1) is 0 Å². The van der Waals surface area contributed by atoms with Gasteiger partial charge in [-0.3, -0.25) is 4.79 Å². The van der Waals surface area contributed by atoms with E-state index in [4.69, 9.17) is 23.2 Å². The first-order chi connectivity index (χ1) is 12.5. The van der Waals surface area contributed by atoms with E-state index in [9.17, 15) is 10.1 Å². The van der Waals surface area contributed by atoms with E-state index >= 15 is 0 Å². The Morgan fingerprint density at radius 2 is 1.77 bits per heavy atom. The first-order valence-corrected chi connectivity index (χ1v) is 9.86. The number of rotatable bonds is 4. The minimum absolute atomic E-state index is 0.0618. The largest absolute Gasteiger partial charge is 0.384 e. The van der Waals surface area contributed by atoms with Crippen molar-refractivity contribution in [1.29, 1.82) is 5.26 Å². The molecule has 0 heterocycles. The summed E-state index contributed by atoms with van der Waals surface area (Å²) in [5, 5.41) is 16.4. The highest BCUT2D eigenvalue weighted by Gasteiger charge is 2.50. The molecule has 5 rings (SSSR count). The van der Waals surface area contributed by atoms with Crippen molar-refractivity contribution in [3.05, 3.63) is 40.0 Å². The second-order valence-electron chi connectivity index (χ2n) is 8.09. The van der Waals surface area contributed by atoms with Gasteiger partial charge < -0.3 is 10.6 Å². The summed E-state index contributed by atoms with van der Waals surface area (Å²) in [5.74, 6) is 1.94. The van der Waals surface area contributed by atoms with Crippen LogP contribution in [0.3, 0.4) is 0 Å². The van der Waals surface area contributed by atoms with E-state index in [2.05, 4.69) is 10.6 Å². The molecule has 0 aromatic heterocycles. The first-order valence-electron chi connectivity index (χ1n) is 9.11. The molecule has 6 heteroatoms. The lowest BCUT2D eigenvalue weighted by atomic mass is 9.53. The fraction of sp³-hybridized carbons (Fsp3) is 0.500. The van der Waals surface area contributed by atoms with Gasteiger partial charge in [-0.05, 0) is 74.5 Å². The average Bonchev–Trinajstić information content (AvgIpc) is 2.56. The summed E-state index contributed by atoms with van der Waals surface area (Å²) in [4.78, 5) is 12.5. The van der Waals surface area contributed by atoms with Gasteiger partial charge in [0.15, 0.2) is 0 Å². The molecule has 26 heavy (non-hydrogen) atoms. The van der Waals surface area contributed by atoms with Crippen molar-refractivity contribution in [2.24, 2.45) is 17.8 Å². The van der Waals surface area contributed by atoms with Crippen LogP contribution in [0.2, 0.25) is 10.0 Å². The van der Waals surface area contributed by atoms with Crippen LogP contribution in [0.1, 0.15) is 38.5 Å². The maximum absolute atomic E-state index is 12.5. The van der Waals surface area contributed by atoms with Gasteiger partial charge in [-0.25, -0.2) is 0 Å². The Morgan fingerprint density at radius 1 is 1.15 bits per heavy atom. The van der Waals surface area contributed by atoms with Crippen LogP contribution in [0, 0.1) is 29.1 Å². The van der Waals surface area contributed by atoms with Crippen molar-refractivity contribution in [3.8, 4) is 6.07 Å². The molecular formula is C20H21Cl2N3O. The molecule has 1 aromatic rings. The second kappa shape index (κ2) is 6.79. The molecule has 0 spiro atoms. The molecule has 0 unspecified atom stereocenters. The quantitative estimate of drug-likeness (QED) is 0.568. The number of carbonyl (C=O) groups excluding carboxylic acids is 1. The molecule has 0 aliphatic heterocycles. The van der Waals surface area contributed by atoms with E-state index in [0.29, 0.717) is 15.7 Å². The van der Waals surface area contributed by atoms with Gasteiger partial charge in [-0.1, -0.05) is 23.2 Å². The van der Waals surface area contributed by atoms with Gasteiger partial charge in [-0.2, -0.15) is 5.26 Å². The number of benzene rings is 1. The molecule has 4 aliphatic carbocycles. The molecule has 136 valence electrons. The summed E-state index contributed by atoms with van der Waals surface area (Å²) in [6, 6.07) is 6.83. The number of nitriles is 1. The van der Waals surface area contributed by atoms with E-state index in [0.717, 1.165) is 37.0 Å². The summed E-state index contributed by atoms with van der Waals surface area (Å²) in [5.41, 5.74) is 0.568. The predicted molar refractivity (Wildman–Crippen MR) is 103 cm³/mol. The van der Waals surface area contributed by atoms with Crippen molar-refractivity contribution in [1.82, 2.24) is 5.32 Å². The summed E-state index contributed by atoms with van der Waals surface area (Å²) in [6.07, 6.45) is 9.12. The van der Waals surface area contributed by atoms with Crippen LogP contribution in [0.5, 0.6) is 0 Å². The zero-order valence-electron chi connectivity index (χ0n) is 14.4. The Labute approximate surface area is 163 Å². The highest BCUT2D eigenvalue weighted by atomic mass is 35.5. The number of hydrogen-bond donors (Lipinski definition) is 2. The molecule has 0 atom stereocenters. The smallest absolute Gasteiger partial charge is 0.267 e. The van der Waals surface area contributed by atoms with Gasteiger partial charge in [0, 0.05) is 16.8 Å². The van der Waals surface area contributed by atoms with E-state index in [1.807, 2.05) is 6.07 Å². The lowest BCUT2D eigenvalue weighted by molar-refractivity contribution is -0.112. The van der Waals surface area contributed by atoms with Gasteiger partial charge in [0.25, 0.3) is 5.91 Å². The molecule has 0 saturated heterocycles. The lowest BCUT2D eigenvalue weighted by Gasteiger charge is -2.56. The van der Waals surface area contributed by atoms with Crippen molar-refractivity contribution in [3.63, 3.8) is 0 Å². The number of nitrogens with zero attached hydrogens (tertiary/aromatic N) is 1. The zero-order valence-corrected chi connectivity index (χ0v) is 15.9. The second-order valence-corrected chi connectivity index (χ2v) is 8.93. The normalized spacial score (nSPS) is 32.2. The van der Waals surface area contributed by atoms with Crippen LogP contribution >= 0.6 is 23.2 Å². The fourth-order valence-electron chi connectivity index (χ4n) is 5.44. The maximum atomic E-state index is 12.5. The Balaban J connectivity index is 1.47. The average molecular weight is 390 g/mol.